The Balaban J connectivity index is 2.14. The van der Waals surface area contributed by atoms with Gasteiger partial charge in [-0.15, -0.1) is 0 Å². The van der Waals surface area contributed by atoms with E-state index in [1.165, 1.54) is 12.8 Å². The molecule has 1 aliphatic carbocycles. The summed E-state index contributed by atoms with van der Waals surface area (Å²) in [5, 5.41) is 0. The van der Waals surface area contributed by atoms with E-state index in [4.69, 9.17) is 5.73 Å². The molecule has 2 fully saturated rings. The van der Waals surface area contributed by atoms with Crippen molar-refractivity contribution in [1.82, 2.24) is 4.90 Å². The van der Waals surface area contributed by atoms with Crippen LogP contribution in [0, 0.1) is 17.3 Å². The van der Waals surface area contributed by atoms with Gasteiger partial charge in [0.25, 0.3) is 0 Å². The van der Waals surface area contributed by atoms with Gasteiger partial charge in [-0.2, -0.15) is 0 Å². The van der Waals surface area contributed by atoms with Crippen molar-refractivity contribution in [2.75, 3.05) is 6.54 Å². The quantitative estimate of drug-likeness (QED) is 0.835. The summed E-state index contributed by atoms with van der Waals surface area (Å²) in [4.78, 5) is 15.1. The third-order valence-electron chi connectivity index (χ3n) is 5.93. The highest BCUT2D eigenvalue weighted by Crippen LogP contribution is 2.45. The highest BCUT2D eigenvalue weighted by Gasteiger charge is 2.47. The third-order valence-corrected chi connectivity index (χ3v) is 5.93. The van der Waals surface area contributed by atoms with Crippen LogP contribution in [0.4, 0.5) is 0 Å². The monoisotopic (exact) mass is 266 g/mol. The maximum atomic E-state index is 12.9. The van der Waals surface area contributed by atoms with Gasteiger partial charge in [-0.1, -0.05) is 27.7 Å². The van der Waals surface area contributed by atoms with E-state index in [0.29, 0.717) is 17.9 Å². The smallest absolute Gasteiger partial charge is 0.226 e. The molecule has 1 heterocycles. The lowest BCUT2D eigenvalue weighted by molar-refractivity contribution is -0.144. The average molecular weight is 266 g/mol. The van der Waals surface area contributed by atoms with Gasteiger partial charge in [0.15, 0.2) is 0 Å². The fourth-order valence-electron chi connectivity index (χ4n) is 4.04. The first-order valence-electron chi connectivity index (χ1n) is 7.95. The maximum Gasteiger partial charge on any atom is 0.226 e. The zero-order valence-electron chi connectivity index (χ0n) is 13.0. The first kappa shape index (κ1) is 14.8. The van der Waals surface area contributed by atoms with E-state index in [-0.39, 0.29) is 17.4 Å². The molecule has 0 aromatic heterocycles. The molecule has 0 bridgehead atoms. The molecular formula is C16H30N2O. The van der Waals surface area contributed by atoms with E-state index in [9.17, 15) is 4.79 Å². The van der Waals surface area contributed by atoms with Gasteiger partial charge < -0.3 is 10.6 Å². The van der Waals surface area contributed by atoms with Crippen molar-refractivity contribution in [1.29, 1.82) is 0 Å². The van der Waals surface area contributed by atoms with Gasteiger partial charge in [0.2, 0.25) is 5.91 Å². The van der Waals surface area contributed by atoms with Crippen molar-refractivity contribution < 1.29 is 4.79 Å². The summed E-state index contributed by atoms with van der Waals surface area (Å²) in [5.74, 6) is 0.973. The molecule has 1 saturated heterocycles. The molecule has 4 unspecified atom stereocenters. The van der Waals surface area contributed by atoms with Crippen LogP contribution in [-0.2, 0) is 4.79 Å². The molecule has 0 spiro atoms. The summed E-state index contributed by atoms with van der Waals surface area (Å²) in [6, 6.07) is 0.730. The predicted octanol–water partition coefficient (Wildman–Crippen LogP) is 2.79. The second kappa shape index (κ2) is 5.43. The van der Waals surface area contributed by atoms with Gasteiger partial charge in [0, 0.05) is 24.5 Å². The maximum absolute atomic E-state index is 12.9. The molecule has 2 N–H and O–H groups in total. The fourth-order valence-corrected chi connectivity index (χ4v) is 4.04. The minimum absolute atomic E-state index is 0.0234. The molecule has 0 aromatic rings. The summed E-state index contributed by atoms with van der Waals surface area (Å²) in [5.41, 5.74) is 6.22. The number of amides is 1. The normalized spacial score (nSPS) is 38.5. The lowest BCUT2D eigenvalue weighted by atomic mass is 9.60. The predicted molar refractivity (Wildman–Crippen MR) is 78.7 cm³/mol. The van der Waals surface area contributed by atoms with Crippen molar-refractivity contribution >= 4 is 5.91 Å². The molecule has 1 aliphatic heterocycles. The number of nitrogens with two attached hydrogens (primary N) is 1. The molecule has 3 nitrogen and oxygen atoms in total. The van der Waals surface area contributed by atoms with E-state index in [2.05, 4.69) is 32.6 Å². The molecule has 4 atom stereocenters. The summed E-state index contributed by atoms with van der Waals surface area (Å²) >= 11 is 0. The van der Waals surface area contributed by atoms with Crippen LogP contribution in [0.15, 0.2) is 0 Å². The highest BCUT2D eigenvalue weighted by molar-refractivity contribution is 5.80. The Morgan fingerprint density at radius 1 is 1.32 bits per heavy atom. The van der Waals surface area contributed by atoms with Crippen LogP contribution < -0.4 is 5.73 Å². The molecule has 19 heavy (non-hydrogen) atoms. The second-order valence-electron chi connectivity index (χ2n) is 7.14. The van der Waals surface area contributed by atoms with E-state index < -0.39 is 0 Å². The number of hydrogen-bond donors (Lipinski definition) is 1. The largest absolute Gasteiger partial charge is 0.339 e. The standard InChI is InChI=1S/C16H30N2O/c1-5-12-7-6-10-18(12)15(19)13-8-9-14(17)11(2)16(13,3)4/h11-14H,5-10,17H2,1-4H3. The Labute approximate surface area is 117 Å². The van der Waals surface area contributed by atoms with Crippen LogP contribution >= 0.6 is 0 Å². The summed E-state index contributed by atoms with van der Waals surface area (Å²) < 4.78 is 0. The van der Waals surface area contributed by atoms with E-state index in [1.807, 2.05) is 0 Å². The number of carbonyl (C=O) groups is 1. The van der Waals surface area contributed by atoms with Crippen molar-refractivity contribution in [2.24, 2.45) is 23.0 Å². The lowest BCUT2D eigenvalue weighted by Gasteiger charge is -2.47. The first-order valence-corrected chi connectivity index (χ1v) is 7.95. The van der Waals surface area contributed by atoms with Crippen LogP contribution in [0.1, 0.15) is 59.8 Å². The topological polar surface area (TPSA) is 46.3 Å². The van der Waals surface area contributed by atoms with Crippen molar-refractivity contribution in [3.8, 4) is 0 Å². The summed E-state index contributed by atoms with van der Waals surface area (Å²) in [7, 11) is 0. The summed E-state index contributed by atoms with van der Waals surface area (Å²) in [6.07, 6.45) is 5.40. The zero-order valence-corrected chi connectivity index (χ0v) is 13.0. The van der Waals surface area contributed by atoms with E-state index in [1.54, 1.807) is 0 Å². The van der Waals surface area contributed by atoms with Gasteiger partial charge in [0.05, 0.1) is 0 Å². The minimum atomic E-state index is 0.0234. The fraction of sp³-hybridized carbons (Fsp3) is 0.938. The van der Waals surface area contributed by atoms with Gasteiger partial charge >= 0.3 is 0 Å². The number of nitrogens with zero attached hydrogens (tertiary/aromatic N) is 1. The highest BCUT2D eigenvalue weighted by atomic mass is 16.2. The number of hydrogen-bond acceptors (Lipinski definition) is 2. The SMILES string of the molecule is CCC1CCCN1C(=O)C1CCC(N)C(C)C1(C)C. The zero-order chi connectivity index (χ0) is 14.2. The Morgan fingerprint density at radius 2 is 2.00 bits per heavy atom. The Bertz CT molecular complexity index is 340. The van der Waals surface area contributed by atoms with Crippen LogP contribution in [0.3, 0.4) is 0 Å². The first-order chi connectivity index (χ1) is 8.89. The molecular weight excluding hydrogens is 236 g/mol. The van der Waals surface area contributed by atoms with Crippen LogP contribution in [0.2, 0.25) is 0 Å². The van der Waals surface area contributed by atoms with Crippen LogP contribution in [0.25, 0.3) is 0 Å². The third kappa shape index (κ3) is 2.54. The van der Waals surface area contributed by atoms with Crippen LogP contribution in [0.5, 0.6) is 0 Å². The molecule has 1 amide bonds. The van der Waals surface area contributed by atoms with E-state index >= 15 is 0 Å². The summed E-state index contributed by atoms with van der Waals surface area (Å²) in [6.45, 7) is 9.84. The Morgan fingerprint density at radius 3 is 2.63 bits per heavy atom. The second-order valence-corrected chi connectivity index (χ2v) is 7.14. The number of carbonyl (C=O) groups excluding carboxylic acids is 1. The Kier molecular flexibility index (Phi) is 4.24. The molecule has 0 radical (unpaired) electrons. The number of rotatable bonds is 2. The average Bonchev–Trinajstić information content (AvgIpc) is 2.83. The van der Waals surface area contributed by atoms with Gasteiger partial charge in [0.1, 0.15) is 0 Å². The molecule has 1 saturated carbocycles. The lowest BCUT2D eigenvalue weighted by Crippen LogP contribution is -2.53. The van der Waals surface area contributed by atoms with E-state index in [0.717, 1.165) is 25.8 Å². The Hall–Kier alpha value is -0.570. The van der Waals surface area contributed by atoms with Gasteiger partial charge in [-0.05, 0) is 43.4 Å². The molecule has 2 aliphatic rings. The van der Waals surface area contributed by atoms with Crippen molar-refractivity contribution in [3.63, 3.8) is 0 Å². The molecule has 2 rings (SSSR count). The minimum Gasteiger partial charge on any atom is -0.339 e. The van der Waals surface area contributed by atoms with Crippen LogP contribution in [-0.4, -0.2) is 29.4 Å². The molecule has 3 heteroatoms. The van der Waals surface area contributed by atoms with Crippen molar-refractivity contribution in [2.45, 2.75) is 71.9 Å². The van der Waals surface area contributed by atoms with Gasteiger partial charge in [-0.25, -0.2) is 0 Å². The number of likely N-dealkylation sites (tertiary alicyclic amines) is 1. The molecule has 110 valence electrons. The molecule has 0 aromatic carbocycles. The van der Waals surface area contributed by atoms with Crippen molar-refractivity contribution in [3.05, 3.63) is 0 Å². The van der Waals surface area contributed by atoms with Gasteiger partial charge in [-0.3, -0.25) is 4.79 Å².